The highest BCUT2D eigenvalue weighted by atomic mass is 32.1. The van der Waals surface area contributed by atoms with Crippen molar-refractivity contribution in [2.24, 2.45) is 0 Å². The molecule has 1 unspecified atom stereocenters. The normalized spacial score (nSPS) is 12.4. The van der Waals surface area contributed by atoms with Crippen molar-refractivity contribution in [3.63, 3.8) is 0 Å². The summed E-state index contributed by atoms with van der Waals surface area (Å²) in [6, 6.07) is 4.10. The van der Waals surface area contributed by atoms with Gasteiger partial charge in [0.25, 0.3) is 0 Å². The molecule has 1 aromatic heterocycles. The summed E-state index contributed by atoms with van der Waals surface area (Å²) < 4.78 is 0. The Hall–Kier alpha value is -0.870. The van der Waals surface area contributed by atoms with Gasteiger partial charge in [0.1, 0.15) is 0 Å². The third-order valence-electron chi connectivity index (χ3n) is 2.85. The van der Waals surface area contributed by atoms with Gasteiger partial charge >= 0.3 is 0 Å². The van der Waals surface area contributed by atoms with Crippen LogP contribution < -0.4 is 5.32 Å². The molecule has 1 atom stereocenters. The molecule has 1 heterocycles. The van der Waals surface area contributed by atoms with Crippen LogP contribution in [0, 0.1) is 0 Å². The molecule has 1 aromatic rings. The first-order valence-corrected chi connectivity index (χ1v) is 7.11. The van der Waals surface area contributed by atoms with Crippen molar-refractivity contribution in [1.29, 1.82) is 0 Å². The quantitative estimate of drug-likeness (QED) is 0.808. The van der Waals surface area contributed by atoms with Gasteiger partial charge < -0.3 is 10.2 Å². The van der Waals surface area contributed by atoms with E-state index in [1.54, 1.807) is 11.3 Å². The van der Waals surface area contributed by atoms with Crippen LogP contribution in [0.5, 0.6) is 0 Å². The minimum absolute atomic E-state index is 0.0881. The Labute approximate surface area is 108 Å². The van der Waals surface area contributed by atoms with Crippen molar-refractivity contribution in [3.05, 3.63) is 22.4 Å². The van der Waals surface area contributed by atoms with E-state index in [2.05, 4.69) is 22.8 Å². The lowest BCUT2D eigenvalue weighted by Gasteiger charge is -2.23. The number of hydrogen-bond donors (Lipinski definition) is 1. The fourth-order valence-electron chi connectivity index (χ4n) is 1.76. The molecule has 0 aliphatic carbocycles. The van der Waals surface area contributed by atoms with Crippen LogP contribution in [0.4, 0.5) is 0 Å². The van der Waals surface area contributed by atoms with Gasteiger partial charge in [-0.3, -0.25) is 4.79 Å². The van der Waals surface area contributed by atoms with E-state index in [0.717, 1.165) is 26.1 Å². The summed E-state index contributed by atoms with van der Waals surface area (Å²) in [6.45, 7) is 8.39. The van der Waals surface area contributed by atoms with E-state index in [1.807, 2.05) is 25.7 Å². The van der Waals surface area contributed by atoms with Crippen molar-refractivity contribution in [2.75, 3.05) is 19.6 Å². The molecule has 0 saturated heterocycles. The molecule has 0 aromatic carbocycles. The van der Waals surface area contributed by atoms with Gasteiger partial charge in [0.2, 0.25) is 5.91 Å². The molecule has 4 heteroatoms. The molecule has 0 fully saturated rings. The first-order valence-electron chi connectivity index (χ1n) is 6.23. The average Bonchev–Trinajstić information content (AvgIpc) is 2.83. The zero-order valence-electron chi connectivity index (χ0n) is 10.9. The molecule has 17 heavy (non-hydrogen) atoms. The van der Waals surface area contributed by atoms with Crippen molar-refractivity contribution >= 4 is 17.2 Å². The van der Waals surface area contributed by atoms with E-state index in [1.165, 1.54) is 4.88 Å². The summed E-state index contributed by atoms with van der Waals surface area (Å²) >= 11 is 1.76. The molecule has 1 rings (SSSR count). The fraction of sp³-hybridized carbons (Fsp3) is 0.615. The van der Waals surface area contributed by atoms with Gasteiger partial charge in [0, 0.05) is 24.5 Å². The Morgan fingerprint density at radius 2 is 2.18 bits per heavy atom. The second kappa shape index (κ2) is 7.45. The second-order valence-electron chi connectivity index (χ2n) is 4.02. The Bertz CT molecular complexity index is 320. The summed E-state index contributed by atoms with van der Waals surface area (Å²) in [5.74, 6) is 0.196. The monoisotopic (exact) mass is 254 g/mol. The Kier molecular flexibility index (Phi) is 6.22. The van der Waals surface area contributed by atoms with Crippen molar-refractivity contribution < 1.29 is 4.79 Å². The van der Waals surface area contributed by atoms with E-state index in [9.17, 15) is 4.79 Å². The third kappa shape index (κ3) is 4.48. The van der Waals surface area contributed by atoms with Gasteiger partial charge in [0.05, 0.1) is 6.04 Å². The molecule has 0 radical (unpaired) electrons. The fourth-order valence-corrected chi connectivity index (χ4v) is 2.47. The van der Waals surface area contributed by atoms with Crippen LogP contribution in [-0.2, 0) is 11.2 Å². The SMILES string of the molecule is CCN(CC)C(=O)C(C)NCCc1cccs1. The molecule has 0 saturated carbocycles. The predicted octanol–water partition coefficient (Wildman–Crippen LogP) is 2.14. The lowest BCUT2D eigenvalue weighted by atomic mass is 10.2. The number of carbonyl (C=O) groups is 1. The lowest BCUT2D eigenvalue weighted by Crippen LogP contribution is -2.45. The second-order valence-corrected chi connectivity index (χ2v) is 5.05. The molecule has 0 aliphatic rings. The predicted molar refractivity (Wildman–Crippen MR) is 73.4 cm³/mol. The number of thiophene rings is 1. The van der Waals surface area contributed by atoms with Crippen LogP contribution in [0.1, 0.15) is 25.6 Å². The molecule has 1 amide bonds. The van der Waals surface area contributed by atoms with Crippen molar-refractivity contribution in [2.45, 2.75) is 33.2 Å². The van der Waals surface area contributed by atoms with Crippen molar-refractivity contribution in [1.82, 2.24) is 10.2 Å². The first-order chi connectivity index (χ1) is 8.19. The van der Waals surface area contributed by atoms with E-state index >= 15 is 0 Å². The molecule has 0 spiro atoms. The van der Waals surface area contributed by atoms with Gasteiger partial charge in [-0.2, -0.15) is 0 Å². The van der Waals surface area contributed by atoms with E-state index in [4.69, 9.17) is 0 Å². The van der Waals surface area contributed by atoms with Crippen LogP contribution >= 0.6 is 11.3 Å². The standard InChI is InChI=1S/C13H22N2OS/c1-4-15(5-2)13(16)11(3)14-9-8-12-7-6-10-17-12/h6-7,10-11,14H,4-5,8-9H2,1-3H3. The Balaban J connectivity index is 2.28. The van der Waals surface area contributed by atoms with Crippen molar-refractivity contribution in [3.8, 4) is 0 Å². The minimum atomic E-state index is -0.0881. The highest BCUT2D eigenvalue weighted by Gasteiger charge is 2.16. The highest BCUT2D eigenvalue weighted by molar-refractivity contribution is 7.09. The molecule has 96 valence electrons. The molecule has 0 aliphatic heterocycles. The Morgan fingerprint density at radius 3 is 2.71 bits per heavy atom. The maximum absolute atomic E-state index is 12.0. The number of nitrogens with zero attached hydrogens (tertiary/aromatic N) is 1. The number of hydrogen-bond acceptors (Lipinski definition) is 3. The minimum Gasteiger partial charge on any atom is -0.342 e. The molecule has 1 N–H and O–H groups in total. The highest BCUT2D eigenvalue weighted by Crippen LogP contribution is 2.08. The molecule has 3 nitrogen and oxygen atoms in total. The third-order valence-corrected chi connectivity index (χ3v) is 3.78. The molecule has 0 bridgehead atoms. The zero-order chi connectivity index (χ0) is 12.7. The topological polar surface area (TPSA) is 32.3 Å². The number of nitrogens with one attached hydrogen (secondary N) is 1. The summed E-state index contributed by atoms with van der Waals surface area (Å²) in [7, 11) is 0. The van der Waals surface area contributed by atoms with Crippen LogP contribution in [0.3, 0.4) is 0 Å². The Morgan fingerprint density at radius 1 is 1.47 bits per heavy atom. The summed E-state index contributed by atoms with van der Waals surface area (Å²) in [6.07, 6.45) is 0.994. The average molecular weight is 254 g/mol. The van der Waals surface area contributed by atoms with E-state index in [-0.39, 0.29) is 11.9 Å². The van der Waals surface area contributed by atoms with Crippen LogP contribution in [-0.4, -0.2) is 36.5 Å². The summed E-state index contributed by atoms with van der Waals surface area (Å²) in [4.78, 5) is 15.2. The van der Waals surface area contributed by atoms with Crippen LogP contribution in [0.15, 0.2) is 17.5 Å². The number of likely N-dealkylation sites (N-methyl/N-ethyl adjacent to an activating group) is 1. The van der Waals surface area contributed by atoms with Crippen LogP contribution in [0.25, 0.3) is 0 Å². The van der Waals surface area contributed by atoms with Crippen LogP contribution in [0.2, 0.25) is 0 Å². The smallest absolute Gasteiger partial charge is 0.239 e. The van der Waals surface area contributed by atoms with Gasteiger partial charge in [-0.1, -0.05) is 6.07 Å². The number of carbonyl (C=O) groups excluding carboxylic acids is 1. The summed E-state index contributed by atoms with van der Waals surface area (Å²) in [5.41, 5.74) is 0. The van der Waals surface area contributed by atoms with E-state index < -0.39 is 0 Å². The number of amides is 1. The van der Waals surface area contributed by atoms with Gasteiger partial charge in [-0.05, 0) is 38.6 Å². The first kappa shape index (κ1) is 14.2. The maximum Gasteiger partial charge on any atom is 0.239 e. The molecular formula is C13H22N2OS. The molecular weight excluding hydrogens is 232 g/mol. The maximum atomic E-state index is 12.0. The van der Waals surface area contributed by atoms with Gasteiger partial charge in [0.15, 0.2) is 0 Å². The largest absolute Gasteiger partial charge is 0.342 e. The van der Waals surface area contributed by atoms with Gasteiger partial charge in [-0.15, -0.1) is 11.3 Å². The van der Waals surface area contributed by atoms with Gasteiger partial charge in [-0.25, -0.2) is 0 Å². The van der Waals surface area contributed by atoms with E-state index in [0.29, 0.717) is 0 Å². The lowest BCUT2D eigenvalue weighted by molar-refractivity contribution is -0.132. The zero-order valence-corrected chi connectivity index (χ0v) is 11.7. The number of rotatable bonds is 7. The summed E-state index contributed by atoms with van der Waals surface area (Å²) in [5, 5.41) is 5.37.